The number of pyridine rings is 1. The molecule has 0 aliphatic rings. The van der Waals surface area contributed by atoms with Gasteiger partial charge in [-0.05, 0) is 37.6 Å². The maximum Gasteiger partial charge on any atom is 0.419 e. The molecule has 0 saturated carbocycles. The number of carbonyl (C=O) groups is 1. The van der Waals surface area contributed by atoms with Crippen molar-refractivity contribution in [3.8, 4) is 0 Å². The van der Waals surface area contributed by atoms with Gasteiger partial charge in [0.2, 0.25) is 5.91 Å². The van der Waals surface area contributed by atoms with Gasteiger partial charge in [0.1, 0.15) is 23.0 Å². The molecule has 164 valence electrons. The number of alkyl halides is 3. The van der Waals surface area contributed by atoms with Crippen LogP contribution in [0.4, 0.5) is 26.3 Å². The Morgan fingerprint density at radius 2 is 1.77 bits per heavy atom. The second kappa shape index (κ2) is 8.09. The van der Waals surface area contributed by atoms with E-state index in [4.69, 9.17) is 0 Å². The Hall–Kier alpha value is -3.30. The average Bonchev–Trinajstić information content (AvgIpc) is 2.64. The number of carbonyl (C=O) groups excluding carboxylic acids is 1. The highest BCUT2D eigenvalue weighted by Crippen LogP contribution is 2.37. The summed E-state index contributed by atoms with van der Waals surface area (Å²) in [6.07, 6.45) is -5.65. The second-order valence-electron chi connectivity index (χ2n) is 7.03. The lowest BCUT2D eigenvalue weighted by Gasteiger charge is -2.17. The molecule has 1 heterocycles. The van der Waals surface area contributed by atoms with Gasteiger partial charge in [0, 0.05) is 28.1 Å². The van der Waals surface area contributed by atoms with Gasteiger partial charge in [-0.3, -0.25) is 9.59 Å². The topological polar surface area (TPSA) is 62.0 Å². The van der Waals surface area contributed by atoms with Crippen molar-refractivity contribution in [3.05, 3.63) is 80.4 Å². The van der Waals surface area contributed by atoms with E-state index in [0.29, 0.717) is 12.1 Å². The van der Waals surface area contributed by atoms with Crippen molar-refractivity contribution in [1.29, 1.82) is 0 Å². The van der Waals surface area contributed by atoms with E-state index < -0.39 is 58.5 Å². The van der Waals surface area contributed by atoms with Gasteiger partial charge >= 0.3 is 6.18 Å². The van der Waals surface area contributed by atoms with Crippen molar-refractivity contribution in [3.63, 3.8) is 0 Å². The molecule has 10 heteroatoms. The predicted molar refractivity (Wildman–Crippen MR) is 101 cm³/mol. The van der Waals surface area contributed by atoms with Crippen LogP contribution in [0.5, 0.6) is 0 Å². The Bertz CT molecular complexity index is 1230. The quantitative estimate of drug-likeness (QED) is 0.576. The van der Waals surface area contributed by atoms with E-state index in [1.807, 2.05) is 0 Å². The van der Waals surface area contributed by atoms with E-state index in [2.05, 4.69) is 10.3 Å². The molecule has 31 heavy (non-hydrogen) atoms. The summed E-state index contributed by atoms with van der Waals surface area (Å²) in [6, 6.07) is 3.50. The zero-order chi connectivity index (χ0) is 23.1. The van der Waals surface area contributed by atoms with Crippen LogP contribution in [0, 0.1) is 24.4 Å². The average molecular weight is 442 g/mol. The van der Waals surface area contributed by atoms with E-state index in [1.54, 1.807) is 0 Å². The summed E-state index contributed by atoms with van der Waals surface area (Å²) in [5.74, 6) is -3.98. The molecule has 4 nitrogen and oxygen atoms in total. The van der Waals surface area contributed by atoms with Crippen LogP contribution in [0.15, 0.2) is 35.1 Å². The molecule has 2 aromatic carbocycles. The lowest BCUT2D eigenvalue weighted by atomic mass is 9.97. The number of nitrogens with one attached hydrogen (secondary N) is 2. The normalized spacial score (nSPS) is 12.8. The van der Waals surface area contributed by atoms with E-state index >= 15 is 0 Å². The molecule has 0 radical (unpaired) electrons. The third-order valence-corrected chi connectivity index (χ3v) is 4.93. The van der Waals surface area contributed by atoms with Gasteiger partial charge in [-0.25, -0.2) is 13.2 Å². The molecule has 3 aromatic rings. The maximum atomic E-state index is 14.0. The van der Waals surface area contributed by atoms with Crippen molar-refractivity contribution in [2.24, 2.45) is 0 Å². The molecule has 1 aromatic heterocycles. The molecule has 0 unspecified atom stereocenters. The summed E-state index contributed by atoms with van der Waals surface area (Å²) in [7, 11) is 0. The van der Waals surface area contributed by atoms with Gasteiger partial charge in [-0.15, -0.1) is 0 Å². The van der Waals surface area contributed by atoms with Crippen LogP contribution in [0.1, 0.15) is 35.2 Å². The third-order valence-electron chi connectivity index (χ3n) is 4.93. The Morgan fingerprint density at radius 3 is 2.39 bits per heavy atom. The standard InChI is InChI=1S/C21H16F6N2O2/c1-9-13(8-17(30)28-10(2)12-4-3-11(22)7-15(12)24)20(31)29-16-6-5-14(23)19(18(9)16)21(25,26)27/h3-7,10H,8H2,1-2H3,(H,28,30)(H,29,31)/t10-/m0/s1. The highest BCUT2D eigenvalue weighted by Gasteiger charge is 2.37. The van der Waals surface area contributed by atoms with Crippen LogP contribution in [0.25, 0.3) is 10.9 Å². The second-order valence-corrected chi connectivity index (χ2v) is 7.03. The predicted octanol–water partition coefficient (Wildman–Crippen LogP) is 4.69. The minimum absolute atomic E-state index is 0.0136. The first kappa shape index (κ1) is 22.4. The van der Waals surface area contributed by atoms with Gasteiger partial charge in [0.15, 0.2) is 0 Å². The highest BCUT2D eigenvalue weighted by molar-refractivity contribution is 5.89. The summed E-state index contributed by atoms with van der Waals surface area (Å²) in [6.45, 7) is 2.61. The lowest BCUT2D eigenvalue weighted by Crippen LogP contribution is -2.31. The maximum absolute atomic E-state index is 14.0. The van der Waals surface area contributed by atoms with Crippen molar-refractivity contribution in [2.45, 2.75) is 32.5 Å². The van der Waals surface area contributed by atoms with Crippen LogP contribution in [0.3, 0.4) is 0 Å². The number of rotatable bonds is 4. The van der Waals surface area contributed by atoms with E-state index in [9.17, 15) is 35.9 Å². The number of aromatic amines is 1. The lowest BCUT2D eigenvalue weighted by molar-refractivity contribution is -0.138. The summed E-state index contributed by atoms with van der Waals surface area (Å²) in [5.41, 5.74) is -3.06. The zero-order valence-corrected chi connectivity index (χ0v) is 16.3. The number of fused-ring (bicyclic) bond motifs is 1. The van der Waals surface area contributed by atoms with Gasteiger partial charge in [-0.2, -0.15) is 13.2 Å². The minimum Gasteiger partial charge on any atom is -0.349 e. The minimum atomic E-state index is -5.03. The van der Waals surface area contributed by atoms with Gasteiger partial charge in [-0.1, -0.05) is 6.07 Å². The van der Waals surface area contributed by atoms with Crippen molar-refractivity contribution in [1.82, 2.24) is 10.3 Å². The fraction of sp³-hybridized carbons (Fsp3) is 0.238. The number of hydrogen-bond donors (Lipinski definition) is 2. The van der Waals surface area contributed by atoms with Crippen molar-refractivity contribution in [2.75, 3.05) is 0 Å². The van der Waals surface area contributed by atoms with E-state index in [0.717, 1.165) is 18.2 Å². The molecule has 0 saturated heterocycles. The first-order valence-electron chi connectivity index (χ1n) is 9.05. The number of hydrogen-bond acceptors (Lipinski definition) is 2. The summed E-state index contributed by atoms with van der Waals surface area (Å²) in [5, 5.41) is 1.86. The number of aromatic nitrogens is 1. The molecule has 2 N–H and O–H groups in total. The summed E-state index contributed by atoms with van der Waals surface area (Å²) < 4.78 is 81.1. The zero-order valence-electron chi connectivity index (χ0n) is 16.3. The number of aryl methyl sites for hydroxylation is 1. The van der Waals surface area contributed by atoms with Crippen molar-refractivity contribution >= 4 is 16.8 Å². The van der Waals surface area contributed by atoms with Gasteiger partial charge in [0.05, 0.1) is 12.5 Å². The Labute approximate surface area is 171 Å². The Balaban J connectivity index is 1.97. The number of halogens is 6. The molecule has 1 amide bonds. The summed E-state index contributed by atoms with van der Waals surface area (Å²) >= 11 is 0. The van der Waals surface area contributed by atoms with Crippen LogP contribution in [0.2, 0.25) is 0 Å². The van der Waals surface area contributed by atoms with E-state index in [1.165, 1.54) is 13.8 Å². The number of amides is 1. The van der Waals surface area contributed by atoms with Crippen molar-refractivity contribution < 1.29 is 31.1 Å². The van der Waals surface area contributed by atoms with Crippen LogP contribution < -0.4 is 10.9 Å². The third kappa shape index (κ3) is 4.42. The SMILES string of the molecule is Cc1c(CC(=O)N[C@@H](C)c2ccc(F)cc2F)c(=O)[nH]c2ccc(F)c(C(F)(F)F)c12. The number of benzene rings is 2. The highest BCUT2D eigenvalue weighted by atomic mass is 19.4. The van der Waals surface area contributed by atoms with E-state index in [-0.39, 0.29) is 22.2 Å². The molecular weight excluding hydrogens is 426 g/mol. The largest absolute Gasteiger partial charge is 0.419 e. The van der Waals surface area contributed by atoms with Crippen LogP contribution in [-0.4, -0.2) is 10.9 Å². The molecule has 0 bridgehead atoms. The smallest absolute Gasteiger partial charge is 0.349 e. The Kier molecular flexibility index (Phi) is 5.84. The molecule has 1 atom stereocenters. The molecule has 3 rings (SSSR count). The Morgan fingerprint density at radius 1 is 1.10 bits per heavy atom. The first-order valence-corrected chi connectivity index (χ1v) is 9.05. The molecule has 0 aliphatic carbocycles. The molecule has 0 fully saturated rings. The van der Waals surface area contributed by atoms with Gasteiger partial charge in [0.25, 0.3) is 5.56 Å². The fourth-order valence-electron chi connectivity index (χ4n) is 3.46. The summed E-state index contributed by atoms with van der Waals surface area (Å²) in [4.78, 5) is 27.0. The monoisotopic (exact) mass is 442 g/mol. The van der Waals surface area contributed by atoms with Gasteiger partial charge < -0.3 is 10.3 Å². The molecule has 0 spiro atoms. The number of H-pyrrole nitrogens is 1. The fourth-order valence-corrected chi connectivity index (χ4v) is 3.46. The molecule has 0 aliphatic heterocycles. The molecular formula is C21H16F6N2O2. The van der Waals surface area contributed by atoms with Crippen LogP contribution >= 0.6 is 0 Å². The first-order chi connectivity index (χ1) is 14.4. The van der Waals surface area contributed by atoms with Crippen LogP contribution in [-0.2, 0) is 17.4 Å².